The lowest BCUT2D eigenvalue weighted by Crippen LogP contribution is -1.93. The number of benzene rings is 2. The summed E-state index contributed by atoms with van der Waals surface area (Å²) in [5.41, 5.74) is 6.67. The number of nitrogens with zero attached hydrogens (tertiary/aromatic N) is 1. The molecule has 0 aliphatic rings. The van der Waals surface area contributed by atoms with Gasteiger partial charge in [0.15, 0.2) is 0 Å². The molecule has 2 aromatic carbocycles. The number of aromatic amines is 1. The molecular formula is C19H18N2. The maximum Gasteiger partial charge on any atom is 0.0482 e. The van der Waals surface area contributed by atoms with Crippen LogP contribution in [0.15, 0.2) is 54.7 Å². The van der Waals surface area contributed by atoms with E-state index in [4.69, 9.17) is 0 Å². The van der Waals surface area contributed by atoms with Crippen LogP contribution in [0, 0.1) is 6.92 Å². The van der Waals surface area contributed by atoms with E-state index in [1.807, 2.05) is 0 Å². The normalized spacial score (nSPS) is 11.5. The minimum atomic E-state index is 0.969. The van der Waals surface area contributed by atoms with Gasteiger partial charge in [-0.3, -0.25) is 0 Å². The molecule has 0 unspecified atom stereocenters. The number of aromatic nitrogens is 2. The first-order valence-electron chi connectivity index (χ1n) is 7.33. The highest BCUT2D eigenvalue weighted by atomic mass is 14.9. The van der Waals surface area contributed by atoms with Crippen LogP contribution in [-0.2, 0) is 13.5 Å². The van der Waals surface area contributed by atoms with Gasteiger partial charge in [-0.15, -0.1) is 0 Å². The summed E-state index contributed by atoms with van der Waals surface area (Å²) in [6.45, 7) is 2.21. The Morgan fingerprint density at radius 2 is 1.67 bits per heavy atom. The lowest BCUT2D eigenvalue weighted by atomic mass is 10.0. The summed E-state index contributed by atoms with van der Waals surface area (Å²) in [6.07, 6.45) is 3.11. The molecule has 0 amide bonds. The molecular weight excluding hydrogens is 256 g/mol. The Morgan fingerprint density at radius 3 is 2.52 bits per heavy atom. The Hall–Kier alpha value is -2.48. The van der Waals surface area contributed by atoms with Crippen LogP contribution in [0.3, 0.4) is 0 Å². The van der Waals surface area contributed by atoms with E-state index in [0.29, 0.717) is 0 Å². The average molecular weight is 274 g/mol. The smallest absolute Gasteiger partial charge is 0.0482 e. The molecule has 2 heterocycles. The van der Waals surface area contributed by atoms with Crippen LogP contribution in [-0.4, -0.2) is 9.55 Å². The monoisotopic (exact) mass is 274 g/mol. The third-order valence-electron chi connectivity index (χ3n) is 4.57. The SMILES string of the molecule is Cc1c(Cc2c[nH]c3ccccc23)c2ccccc2n1C. The van der Waals surface area contributed by atoms with Crippen molar-refractivity contribution >= 4 is 21.8 Å². The number of rotatable bonds is 2. The fraction of sp³-hybridized carbons (Fsp3) is 0.158. The standard InChI is InChI=1S/C19H18N2/c1-13-17(16-8-4-6-10-19(16)21(13)2)11-14-12-20-18-9-5-3-7-15(14)18/h3-10,12,20H,11H2,1-2H3. The predicted octanol–water partition coefficient (Wildman–Crippen LogP) is 4.56. The zero-order valence-electron chi connectivity index (χ0n) is 12.4. The fourth-order valence-electron chi connectivity index (χ4n) is 3.29. The lowest BCUT2D eigenvalue weighted by Gasteiger charge is -2.02. The second-order valence-corrected chi connectivity index (χ2v) is 5.68. The van der Waals surface area contributed by atoms with E-state index in [1.54, 1.807) is 0 Å². The number of hydrogen-bond donors (Lipinski definition) is 1. The van der Waals surface area contributed by atoms with Gasteiger partial charge in [0.25, 0.3) is 0 Å². The fourth-order valence-corrected chi connectivity index (χ4v) is 3.29. The van der Waals surface area contributed by atoms with Crippen molar-refractivity contribution in [3.8, 4) is 0 Å². The van der Waals surface area contributed by atoms with Crippen molar-refractivity contribution in [1.82, 2.24) is 9.55 Å². The molecule has 21 heavy (non-hydrogen) atoms. The number of H-pyrrole nitrogens is 1. The summed E-state index contributed by atoms with van der Waals surface area (Å²) in [5.74, 6) is 0. The molecule has 0 atom stereocenters. The summed E-state index contributed by atoms with van der Waals surface area (Å²) in [4.78, 5) is 3.38. The zero-order valence-corrected chi connectivity index (χ0v) is 12.4. The van der Waals surface area contributed by atoms with Gasteiger partial charge in [-0.25, -0.2) is 0 Å². The molecule has 0 radical (unpaired) electrons. The lowest BCUT2D eigenvalue weighted by molar-refractivity contribution is 0.903. The van der Waals surface area contributed by atoms with Gasteiger partial charge in [-0.2, -0.15) is 0 Å². The van der Waals surface area contributed by atoms with E-state index in [0.717, 1.165) is 6.42 Å². The van der Waals surface area contributed by atoms with Crippen molar-refractivity contribution in [2.45, 2.75) is 13.3 Å². The summed E-state index contributed by atoms with van der Waals surface area (Å²) in [5, 5.41) is 2.69. The van der Waals surface area contributed by atoms with Gasteiger partial charge in [-0.1, -0.05) is 36.4 Å². The molecule has 0 bridgehead atoms. The van der Waals surface area contributed by atoms with Crippen LogP contribution in [0.5, 0.6) is 0 Å². The highest BCUT2D eigenvalue weighted by Gasteiger charge is 2.13. The molecule has 104 valence electrons. The summed E-state index contributed by atoms with van der Waals surface area (Å²) < 4.78 is 2.29. The Labute approximate surface area is 124 Å². The van der Waals surface area contributed by atoms with Gasteiger partial charge in [-0.05, 0) is 30.2 Å². The molecule has 1 N–H and O–H groups in total. The molecule has 4 rings (SSSR count). The first kappa shape index (κ1) is 12.3. The molecule has 2 nitrogen and oxygen atoms in total. The van der Waals surface area contributed by atoms with Crippen molar-refractivity contribution < 1.29 is 0 Å². The maximum atomic E-state index is 3.38. The average Bonchev–Trinajstić information content (AvgIpc) is 3.04. The van der Waals surface area contributed by atoms with Gasteiger partial charge in [0.05, 0.1) is 0 Å². The number of para-hydroxylation sites is 2. The summed E-state index contributed by atoms with van der Waals surface area (Å²) in [6, 6.07) is 17.2. The minimum Gasteiger partial charge on any atom is -0.361 e. The first-order valence-corrected chi connectivity index (χ1v) is 7.33. The predicted molar refractivity (Wildman–Crippen MR) is 88.8 cm³/mol. The molecule has 0 saturated carbocycles. The molecule has 0 saturated heterocycles. The van der Waals surface area contributed by atoms with Crippen LogP contribution in [0.2, 0.25) is 0 Å². The Morgan fingerprint density at radius 1 is 0.952 bits per heavy atom. The van der Waals surface area contributed by atoms with Crippen LogP contribution < -0.4 is 0 Å². The molecule has 0 aliphatic carbocycles. The second kappa shape index (κ2) is 4.52. The second-order valence-electron chi connectivity index (χ2n) is 5.68. The minimum absolute atomic E-state index is 0.969. The first-order chi connectivity index (χ1) is 10.3. The van der Waals surface area contributed by atoms with Crippen LogP contribution >= 0.6 is 0 Å². The molecule has 2 heteroatoms. The van der Waals surface area contributed by atoms with Crippen molar-refractivity contribution in [1.29, 1.82) is 0 Å². The van der Waals surface area contributed by atoms with Crippen LogP contribution in [0.1, 0.15) is 16.8 Å². The summed E-state index contributed by atoms with van der Waals surface area (Å²) >= 11 is 0. The van der Waals surface area contributed by atoms with Crippen molar-refractivity contribution in [3.63, 3.8) is 0 Å². The molecule has 0 aliphatic heterocycles. The van der Waals surface area contributed by atoms with E-state index < -0.39 is 0 Å². The van der Waals surface area contributed by atoms with Crippen molar-refractivity contribution in [3.05, 3.63) is 71.5 Å². The molecule has 4 aromatic rings. The summed E-state index contributed by atoms with van der Waals surface area (Å²) in [7, 11) is 2.15. The number of fused-ring (bicyclic) bond motifs is 2. The molecule has 0 spiro atoms. The third-order valence-corrected chi connectivity index (χ3v) is 4.57. The van der Waals surface area contributed by atoms with E-state index in [2.05, 4.69) is 78.3 Å². The van der Waals surface area contributed by atoms with Crippen LogP contribution in [0.25, 0.3) is 21.8 Å². The third kappa shape index (κ3) is 1.79. The van der Waals surface area contributed by atoms with Gasteiger partial charge in [0.2, 0.25) is 0 Å². The zero-order chi connectivity index (χ0) is 14.4. The quantitative estimate of drug-likeness (QED) is 0.553. The van der Waals surface area contributed by atoms with E-state index in [1.165, 1.54) is 38.6 Å². The number of aryl methyl sites for hydroxylation is 1. The Kier molecular flexibility index (Phi) is 2.64. The number of nitrogens with one attached hydrogen (secondary N) is 1. The van der Waals surface area contributed by atoms with Gasteiger partial charge < -0.3 is 9.55 Å². The van der Waals surface area contributed by atoms with E-state index >= 15 is 0 Å². The largest absolute Gasteiger partial charge is 0.361 e. The van der Waals surface area contributed by atoms with Crippen molar-refractivity contribution in [2.75, 3.05) is 0 Å². The molecule has 0 fully saturated rings. The number of hydrogen-bond acceptors (Lipinski definition) is 0. The highest BCUT2D eigenvalue weighted by Crippen LogP contribution is 2.29. The maximum absolute atomic E-state index is 3.38. The molecule has 2 aromatic heterocycles. The Bertz CT molecular complexity index is 941. The van der Waals surface area contributed by atoms with Gasteiger partial charge in [0, 0.05) is 47.2 Å². The highest BCUT2D eigenvalue weighted by molar-refractivity contribution is 5.88. The topological polar surface area (TPSA) is 20.7 Å². The van der Waals surface area contributed by atoms with Gasteiger partial charge >= 0.3 is 0 Å². The van der Waals surface area contributed by atoms with Crippen LogP contribution in [0.4, 0.5) is 0 Å². The van der Waals surface area contributed by atoms with Gasteiger partial charge in [0.1, 0.15) is 0 Å². The van der Waals surface area contributed by atoms with E-state index in [-0.39, 0.29) is 0 Å². The van der Waals surface area contributed by atoms with Crippen molar-refractivity contribution in [2.24, 2.45) is 7.05 Å². The van der Waals surface area contributed by atoms with E-state index in [9.17, 15) is 0 Å². The Balaban J connectivity index is 1.90.